The van der Waals surface area contributed by atoms with Crippen LogP contribution in [-0.4, -0.2) is 16.7 Å². The minimum absolute atomic E-state index is 0.0333. The van der Waals surface area contributed by atoms with Gasteiger partial charge < -0.3 is 9.64 Å². The summed E-state index contributed by atoms with van der Waals surface area (Å²) < 4.78 is 7.28. The van der Waals surface area contributed by atoms with E-state index in [1.165, 1.54) is 0 Å². The third-order valence-corrected chi connectivity index (χ3v) is 7.24. The fourth-order valence-corrected chi connectivity index (χ4v) is 5.52. The van der Waals surface area contributed by atoms with Crippen molar-refractivity contribution in [3.05, 3.63) is 124 Å². The Morgan fingerprint density at radius 1 is 0.861 bits per heavy atom. The highest BCUT2D eigenvalue weighted by Crippen LogP contribution is 2.49. The molecule has 0 aliphatic carbocycles. The molecule has 2 aliphatic rings. The monoisotopic (exact) mass is 469 g/mol. The molecule has 0 saturated heterocycles. The summed E-state index contributed by atoms with van der Waals surface area (Å²) in [5.74, 6) is 1.50. The van der Waals surface area contributed by atoms with Crippen molar-refractivity contribution in [2.24, 2.45) is 0 Å². The molecule has 0 saturated carbocycles. The number of methoxy groups -OCH3 is 1. The van der Waals surface area contributed by atoms with E-state index in [-0.39, 0.29) is 11.7 Å². The summed E-state index contributed by atoms with van der Waals surface area (Å²) >= 11 is 0. The molecule has 1 aromatic heterocycles. The lowest BCUT2D eigenvalue weighted by atomic mass is 9.91. The van der Waals surface area contributed by atoms with Gasteiger partial charge in [0.15, 0.2) is 0 Å². The van der Waals surface area contributed by atoms with Gasteiger partial charge in [0.25, 0.3) is 5.56 Å². The first-order valence-electron chi connectivity index (χ1n) is 12.0. The molecular weight excluding hydrogens is 446 g/mol. The molecule has 5 nitrogen and oxygen atoms in total. The van der Waals surface area contributed by atoms with Crippen molar-refractivity contribution in [2.45, 2.75) is 13.1 Å². The van der Waals surface area contributed by atoms with Crippen LogP contribution in [0.15, 0.2) is 95.8 Å². The van der Waals surface area contributed by atoms with Gasteiger partial charge in [-0.25, -0.2) is 4.98 Å². The normalized spacial score (nSPS) is 15.4. The average molecular weight is 470 g/mol. The maximum absolute atomic E-state index is 14.2. The standard InChI is InChI=1S/C31H23N3O2/c1-19-8-7-12-25-28(19)32-29-24-11-5-6-13-26(24)33-27(20-14-16-22(36-2)17-15-20)18-21-9-3-4-10-23(21)30(33)34(29)31(25)35/h3-18,30H,1-2H3/t30-/m1/s1. The third-order valence-electron chi connectivity index (χ3n) is 7.24. The van der Waals surface area contributed by atoms with Crippen LogP contribution in [0.5, 0.6) is 5.75 Å². The number of fused-ring (bicyclic) bond motifs is 9. The van der Waals surface area contributed by atoms with Gasteiger partial charge in [0.1, 0.15) is 17.7 Å². The first-order chi connectivity index (χ1) is 17.7. The molecule has 5 heteroatoms. The van der Waals surface area contributed by atoms with Gasteiger partial charge in [-0.2, -0.15) is 0 Å². The Hall–Kier alpha value is -4.64. The number of rotatable bonds is 2. The van der Waals surface area contributed by atoms with E-state index in [0.29, 0.717) is 11.2 Å². The number of aryl methyl sites for hydroxylation is 1. The van der Waals surface area contributed by atoms with E-state index in [1.54, 1.807) is 7.11 Å². The van der Waals surface area contributed by atoms with Gasteiger partial charge in [0.05, 0.1) is 29.4 Å². The van der Waals surface area contributed by atoms with Gasteiger partial charge in [-0.3, -0.25) is 9.36 Å². The molecule has 0 radical (unpaired) electrons. The maximum Gasteiger partial charge on any atom is 0.263 e. The Bertz CT molecular complexity index is 1770. The van der Waals surface area contributed by atoms with Crippen LogP contribution < -0.4 is 15.2 Å². The first-order valence-corrected chi connectivity index (χ1v) is 12.0. The van der Waals surface area contributed by atoms with E-state index >= 15 is 0 Å². The Kier molecular flexibility index (Phi) is 4.42. The van der Waals surface area contributed by atoms with Gasteiger partial charge in [0, 0.05) is 11.1 Å². The number of hydrogen-bond acceptors (Lipinski definition) is 4. The zero-order valence-electron chi connectivity index (χ0n) is 20.0. The van der Waals surface area contributed by atoms with Crippen molar-refractivity contribution in [1.82, 2.24) is 9.55 Å². The van der Waals surface area contributed by atoms with Crippen LogP contribution in [0.2, 0.25) is 0 Å². The van der Waals surface area contributed by atoms with Crippen LogP contribution in [0.1, 0.15) is 28.4 Å². The topological polar surface area (TPSA) is 47.4 Å². The molecule has 0 spiro atoms. The lowest BCUT2D eigenvalue weighted by Gasteiger charge is -2.44. The summed E-state index contributed by atoms with van der Waals surface area (Å²) in [6.07, 6.45) is 1.84. The Morgan fingerprint density at radius 2 is 1.64 bits per heavy atom. The molecule has 0 unspecified atom stereocenters. The summed E-state index contributed by atoms with van der Waals surface area (Å²) in [5, 5.41) is 0.635. The Balaban J connectivity index is 1.59. The van der Waals surface area contributed by atoms with E-state index in [0.717, 1.165) is 50.5 Å². The van der Waals surface area contributed by atoms with Gasteiger partial charge in [-0.05, 0) is 72.2 Å². The predicted octanol–water partition coefficient (Wildman–Crippen LogP) is 6.26. The van der Waals surface area contributed by atoms with Crippen LogP contribution in [0.4, 0.5) is 5.69 Å². The number of hydrogen-bond donors (Lipinski definition) is 0. The molecule has 7 rings (SSSR count). The number of aromatic nitrogens is 2. The van der Waals surface area contributed by atoms with Crippen molar-refractivity contribution in [3.63, 3.8) is 0 Å². The van der Waals surface area contributed by atoms with Crippen LogP contribution >= 0.6 is 0 Å². The summed E-state index contributed by atoms with van der Waals surface area (Å²) in [7, 11) is 1.67. The average Bonchev–Trinajstić information content (AvgIpc) is 2.93. The molecule has 174 valence electrons. The second-order valence-corrected chi connectivity index (χ2v) is 9.23. The lowest BCUT2D eigenvalue weighted by Crippen LogP contribution is -2.43. The minimum Gasteiger partial charge on any atom is -0.497 e. The summed E-state index contributed by atoms with van der Waals surface area (Å²) in [5.41, 5.74) is 7.92. The van der Waals surface area contributed by atoms with Crippen LogP contribution in [-0.2, 0) is 0 Å². The number of anilines is 1. The van der Waals surface area contributed by atoms with Gasteiger partial charge >= 0.3 is 0 Å². The first kappa shape index (κ1) is 20.7. The summed E-state index contributed by atoms with van der Waals surface area (Å²) in [4.78, 5) is 21.6. The fourth-order valence-electron chi connectivity index (χ4n) is 5.52. The molecule has 0 N–H and O–H groups in total. The molecular formula is C31H23N3O2. The maximum atomic E-state index is 14.2. The molecule has 0 bridgehead atoms. The number of benzene rings is 4. The summed E-state index contributed by atoms with van der Waals surface area (Å²) in [6.45, 7) is 2.01. The van der Waals surface area contributed by atoms with Crippen molar-refractivity contribution in [2.75, 3.05) is 12.0 Å². The molecule has 0 fully saturated rings. The van der Waals surface area contributed by atoms with Crippen LogP contribution in [0, 0.1) is 6.92 Å². The van der Waals surface area contributed by atoms with E-state index in [1.807, 2.05) is 66.1 Å². The molecule has 4 aromatic carbocycles. The molecule has 0 amide bonds. The van der Waals surface area contributed by atoms with E-state index < -0.39 is 0 Å². The summed E-state index contributed by atoms with van der Waals surface area (Å²) in [6, 6.07) is 30.4. The van der Waals surface area contributed by atoms with E-state index in [4.69, 9.17) is 9.72 Å². The van der Waals surface area contributed by atoms with Crippen molar-refractivity contribution >= 4 is 28.4 Å². The molecule has 36 heavy (non-hydrogen) atoms. The van der Waals surface area contributed by atoms with Crippen molar-refractivity contribution in [1.29, 1.82) is 0 Å². The predicted molar refractivity (Wildman–Crippen MR) is 144 cm³/mol. The highest BCUT2D eigenvalue weighted by molar-refractivity contribution is 5.98. The molecule has 5 aromatic rings. The SMILES string of the molecule is COc1ccc(C2=Cc3ccccc3[C@@H]3N2c2ccccc2-c2nc4c(C)cccc4c(=O)n23)cc1. The zero-order chi connectivity index (χ0) is 24.4. The molecule has 1 atom stereocenters. The van der Waals surface area contributed by atoms with Crippen LogP contribution in [0.3, 0.4) is 0 Å². The fraction of sp³-hybridized carbons (Fsp3) is 0.0968. The van der Waals surface area contributed by atoms with Crippen LogP contribution in [0.25, 0.3) is 34.1 Å². The van der Waals surface area contributed by atoms with Crippen molar-refractivity contribution in [3.8, 4) is 17.1 Å². The number of para-hydroxylation sites is 2. The second-order valence-electron chi connectivity index (χ2n) is 9.23. The molecule has 3 heterocycles. The highest BCUT2D eigenvalue weighted by Gasteiger charge is 2.39. The smallest absolute Gasteiger partial charge is 0.263 e. The molecule has 2 aliphatic heterocycles. The number of ether oxygens (including phenoxy) is 1. The minimum atomic E-state index is -0.363. The van der Waals surface area contributed by atoms with Gasteiger partial charge in [-0.1, -0.05) is 48.5 Å². The van der Waals surface area contributed by atoms with E-state index in [9.17, 15) is 4.79 Å². The lowest BCUT2D eigenvalue weighted by molar-refractivity contribution is 0.415. The Morgan fingerprint density at radius 3 is 2.47 bits per heavy atom. The van der Waals surface area contributed by atoms with Crippen molar-refractivity contribution < 1.29 is 4.74 Å². The largest absolute Gasteiger partial charge is 0.497 e. The zero-order valence-corrected chi connectivity index (χ0v) is 20.0. The Labute approximate surface area is 208 Å². The quantitative estimate of drug-likeness (QED) is 0.306. The van der Waals surface area contributed by atoms with Gasteiger partial charge in [-0.15, -0.1) is 0 Å². The van der Waals surface area contributed by atoms with E-state index in [2.05, 4.69) is 47.4 Å². The second kappa shape index (κ2) is 7.68. The number of nitrogens with zero attached hydrogens (tertiary/aromatic N) is 3. The highest BCUT2D eigenvalue weighted by atomic mass is 16.5. The van der Waals surface area contributed by atoms with Gasteiger partial charge in [0.2, 0.25) is 0 Å². The third kappa shape index (κ3) is 2.83.